The van der Waals surface area contributed by atoms with Crippen LogP contribution in [0.25, 0.3) is 0 Å². The summed E-state index contributed by atoms with van der Waals surface area (Å²) in [5, 5.41) is 5.96. The Morgan fingerprint density at radius 3 is 2.17 bits per heavy atom. The van der Waals surface area contributed by atoms with Crippen LogP contribution in [0.4, 0.5) is 0 Å². The van der Waals surface area contributed by atoms with E-state index < -0.39 is 0 Å². The lowest BCUT2D eigenvalue weighted by Crippen LogP contribution is -2.39. The van der Waals surface area contributed by atoms with E-state index in [4.69, 9.17) is 26.4 Å². The van der Waals surface area contributed by atoms with Gasteiger partial charge < -0.3 is 19.5 Å². The maximum Gasteiger partial charge on any atom is 0.257 e. The zero-order valence-electron chi connectivity index (χ0n) is 14.0. The number of carbonyl (C=O) groups is 1. The van der Waals surface area contributed by atoms with Crippen LogP contribution in [0.2, 0.25) is 0 Å². The molecule has 0 bridgehead atoms. The average Bonchev–Trinajstić information content (AvgIpc) is 2.57. The molecule has 0 radical (unpaired) electrons. The number of nitrogens with one attached hydrogen (secondary N) is 2. The molecule has 1 rings (SSSR count). The third kappa shape index (κ3) is 5.59. The number of hydrogen-bond donors (Lipinski definition) is 2. The second kappa shape index (κ2) is 9.89. The fourth-order valence-corrected chi connectivity index (χ4v) is 2.20. The second-order valence-corrected chi connectivity index (χ2v) is 5.24. The quantitative estimate of drug-likeness (QED) is 0.560. The first-order valence-electron chi connectivity index (χ1n) is 7.46. The smallest absolute Gasteiger partial charge is 0.257 e. The van der Waals surface area contributed by atoms with Crippen molar-refractivity contribution in [2.75, 3.05) is 27.9 Å². The Morgan fingerprint density at radius 1 is 1.09 bits per heavy atom. The number of rotatable bonds is 8. The minimum Gasteiger partial charge on any atom is -0.493 e. The number of thiocarbonyl (C=S) groups is 1. The van der Waals surface area contributed by atoms with Gasteiger partial charge in [-0.25, -0.2) is 0 Å². The number of benzene rings is 1. The van der Waals surface area contributed by atoms with E-state index in [9.17, 15) is 4.79 Å². The van der Waals surface area contributed by atoms with Gasteiger partial charge in [-0.1, -0.05) is 19.8 Å². The summed E-state index contributed by atoms with van der Waals surface area (Å²) in [5.41, 5.74) is 0.372. The Bertz CT molecular complexity index is 524. The molecule has 0 aliphatic rings. The van der Waals surface area contributed by atoms with E-state index in [1.54, 1.807) is 12.1 Å². The third-order valence-corrected chi connectivity index (χ3v) is 3.47. The van der Waals surface area contributed by atoms with Gasteiger partial charge in [-0.2, -0.15) is 0 Å². The predicted molar refractivity (Wildman–Crippen MR) is 93.7 cm³/mol. The van der Waals surface area contributed by atoms with Crippen LogP contribution in [0, 0.1) is 0 Å². The van der Waals surface area contributed by atoms with Crippen LogP contribution < -0.4 is 24.8 Å². The molecule has 0 spiro atoms. The third-order valence-electron chi connectivity index (χ3n) is 3.22. The van der Waals surface area contributed by atoms with Crippen LogP contribution in [-0.4, -0.2) is 38.9 Å². The highest BCUT2D eigenvalue weighted by Crippen LogP contribution is 2.38. The normalized spacial score (nSPS) is 9.91. The molecule has 0 saturated carbocycles. The van der Waals surface area contributed by atoms with Gasteiger partial charge in [-0.3, -0.25) is 10.1 Å². The van der Waals surface area contributed by atoms with Gasteiger partial charge in [0.05, 0.1) is 21.3 Å². The van der Waals surface area contributed by atoms with E-state index in [1.165, 1.54) is 21.3 Å². The zero-order valence-corrected chi connectivity index (χ0v) is 14.8. The maximum atomic E-state index is 12.3. The van der Waals surface area contributed by atoms with Gasteiger partial charge in [-0.05, 0) is 30.8 Å². The summed E-state index contributed by atoms with van der Waals surface area (Å²) in [5.74, 6) is 0.932. The second-order valence-electron chi connectivity index (χ2n) is 4.83. The molecular formula is C16H24N2O4S. The Balaban J connectivity index is 2.77. The summed E-state index contributed by atoms with van der Waals surface area (Å²) in [4.78, 5) is 12.3. The molecule has 6 nitrogen and oxygen atoms in total. The van der Waals surface area contributed by atoms with E-state index in [0.29, 0.717) is 27.9 Å². The Kier molecular flexibility index (Phi) is 8.18. The van der Waals surface area contributed by atoms with E-state index in [1.807, 2.05) is 0 Å². The highest BCUT2D eigenvalue weighted by molar-refractivity contribution is 7.80. The first kappa shape index (κ1) is 19.0. The Hall–Kier alpha value is -2.02. The zero-order chi connectivity index (χ0) is 17.2. The highest BCUT2D eigenvalue weighted by Gasteiger charge is 2.17. The lowest BCUT2D eigenvalue weighted by atomic mass is 10.1. The van der Waals surface area contributed by atoms with Crippen LogP contribution in [0.1, 0.15) is 36.5 Å². The standard InChI is InChI=1S/C16H24N2O4S/c1-5-6-7-8-17-16(23)18-15(19)11-9-12(20-2)14(22-4)13(10-11)21-3/h9-10H,5-8H2,1-4H3,(H2,17,18,19,23). The van der Waals surface area contributed by atoms with Crippen LogP contribution in [0.3, 0.4) is 0 Å². The van der Waals surface area contributed by atoms with Crippen molar-refractivity contribution >= 4 is 23.2 Å². The molecule has 0 unspecified atom stereocenters. The van der Waals surface area contributed by atoms with Crippen molar-refractivity contribution in [1.82, 2.24) is 10.6 Å². The minimum absolute atomic E-state index is 0.305. The van der Waals surface area contributed by atoms with E-state index in [-0.39, 0.29) is 5.91 Å². The summed E-state index contributed by atoms with van der Waals surface area (Å²) < 4.78 is 15.7. The van der Waals surface area contributed by atoms with Gasteiger partial charge in [0, 0.05) is 12.1 Å². The average molecular weight is 340 g/mol. The van der Waals surface area contributed by atoms with E-state index in [0.717, 1.165) is 25.8 Å². The van der Waals surface area contributed by atoms with Crippen LogP contribution in [-0.2, 0) is 0 Å². The van der Waals surface area contributed by atoms with Gasteiger partial charge in [0.1, 0.15) is 0 Å². The summed E-state index contributed by atoms with van der Waals surface area (Å²) in [6, 6.07) is 3.16. The van der Waals surface area contributed by atoms with Crippen LogP contribution in [0.5, 0.6) is 17.2 Å². The van der Waals surface area contributed by atoms with Crippen molar-refractivity contribution in [2.45, 2.75) is 26.2 Å². The maximum absolute atomic E-state index is 12.3. The molecule has 23 heavy (non-hydrogen) atoms. The monoisotopic (exact) mass is 340 g/mol. The van der Waals surface area contributed by atoms with Gasteiger partial charge in [0.2, 0.25) is 5.75 Å². The molecule has 1 aromatic carbocycles. The molecule has 0 atom stereocenters. The lowest BCUT2D eigenvalue weighted by molar-refractivity contribution is 0.0976. The predicted octanol–water partition coefficient (Wildman–Crippen LogP) is 2.51. The molecule has 0 fully saturated rings. The highest BCUT2D eigenvalue weighted by atomic mass is 32.1. The lowest BCUT2D eigenvalue weighted by Gasteiger charge is -2.14. The molecule has 0 aromatic heterocycles. The Morgan fingerprint density at radius 2 is 1.70 bits per heavy atom. The summed E-state index contributed by atoms with van der Waals surface area (Å²) in [7, 11) is 4.51. The number of unbranched alkanes of at least 4 members (excludes halogenated alkanes) is 2. The van der Waals surface area contributed by atoms with Crippen LogP contribution in [0.15, 0.2) is 12.1 Å². The molecule has 7 heteroatoms. The van der Waals surface area contributed by atoms with Gasteiger partial charge in [0.15, 0.2) is 16.6 Å². The summed E-state index contributed by atoms with van der Waals surface area (Å²) in [6.45, 7) is 2.87. The largest absolute Gasteiger partial charge is 0.493 e. The molecule has 1 amide bonds. The summed E-state index contributed by atoms with van der Waals surface area (Å²) in [6.07, 6.45) is 3.26. The van der Waals surface area contributed by atoms with Crippen molar-refractivity contribution in [3.05, 3.63) is 17.7 Å². The number of methoxy groups -OCH3 is 3. The first-order chi connectivity index (χ1) is 11.1. The fourth-order valence-electron chi connectivity index (χ4n) is 2.01. The van der Waals surface area contributed by atoms with Crippen molar-refractivity contribution in [3.8, 4) is 17.2 Å². The van der Waals surface area contributed by atoms with Gasteiger partial charge in [-0.15, -0.1) is 0 Å². The van der Waals surface area contributed by atoms with Gasteiger partial charge in [0.25, 0.3) is 5.91 Å². The molecule has 0 heterocycles. The number of carbonyl (C=O) groups excluding carboxylic acids is 1. The van der Waals surface area contributed by atoms with Crippen molar-refractivity contribution in [1.29, 1.82) is 0 Å². The fraction of sp³-hybridized carbons (Fsp3) is 0.500. The van der Waals surface area contributed by atoms with Crippen molar-refractivity contribution in [3.63, 3.8) is 0 Å². The van der Waals surface area contributed by atoms with Crippen molar-refractivity contribution in [2.24, 2.45) is 0 Å². The van der Waals surface area contributed by atoms with E-state index >= 15 is 0 Å². The Labute approximate surface area is 142 Å². The molecule has 128 valence electrons. The number of hydrogen-bond acceptors (Lipinski definition) is 5. The molecular weight excluding hydrogens is 316 g/mol. The van der Waals surface area contributed by atoms with Crippen molar-refractivity contribution < 1.29 is 19.0 Å². The molecule has 0 aliphatic heterocycles. The minimum atomic E-state index is -0.336. The molecule has 1 aromatic rings. The van der Waals surface area contributed by atoms with Crippen LogP contribution >= 0.6 is 12.2 Å². The molecule has 0 aliphatic carbocycles. The van der Waals surface area contributed by atoms with Gasteiger partial charge >= 0.3 is 0 Å². The van der Waals surface area contributed by atoms with E-state index in [2.05, 4.69) is 17.6 Å². The topological polar surface area (TPSA) is 68.8 Å². The molecule has 0 saturated heterocycles. The number of amides is 1. The summed E-state index contributed by atoms with van der Waals surface area (Å²) >= 11 is 5.12. The SMILES string of the molecule is CCCCCNC(=S)NC(=O)c1cc(OC)c(OC)c(OC)c1. The number of ether oxygens (including phenoxy) is 3. The first-order valence-corrected chi connectivity index (χ1v) is 7.87. The molecule has 2 N–H and O–H groups in total.